The Kier molecular flexibility index (Phi) is 12.7. The maximum absolute atomic E-state index is 2.45. The summed E-state index contributed by atoms with van der Waals surface area (Å²) in [6.07, 6.45) is 8.03. The van der Waals surface area contributed by atoms with E-state index in [1.807, 2.05) is 0 Å². The van der Waals surface area contributed by atoms with E-state index in [1.165, 1.54) is 88.3 Å². The number of anilines is 5. The first-order valence-electron chi connectivity index (χ1n) is 26.8. The fourth-order valence-electron chi connectivity index (χ4n) is 11.3. The first-order valence-corrected chi connectivity index (χ1v) is 26.8. The van der Waals surface area contributed by atoms with Crippen molar-refractivity contribution in [1.82, 2.24) is 0 Å². The molecule has 1 atom stereocenters. The van der Waals surface area contributed by atoms with Crippen LogP contribution >= 0.6 is 0 Å². The van der Waals surface area contributed by atoms with Crippen LogP contribution in [0.2, 0.25) is 0 Å². The van der Waals surface area contributed by atoms with Gasteiger partial charge in [0, 0.05) is 40.1 Å². The predicted molar refractivity (Wildman–Crippen MR) is 328 cm³/mol. The largest absolute Gasteiger partial charge is 0.311 e. The zero-order valence-electron chi connectivity index (χ0n) is 43.0. The molecule has 0 heterocycles. The SMILES string of the molecule is Cc1ccc(-c2c3ccc(N(C4=CCC(c5ccccc5)C=C4)c4ccc(-c5ccccc5)cc4)cc3c(-c3ccccc3)c3ccc(N(c4ccc(-c5ccccc5)cc4)c4ccc(-c5ccccc5)cc4)cc23)cc1. The lowest BCUT2D eigenvalue weighted by atomic mass is 9.85. The van der Waals surface area contributed by atoms with Gasteiger partial charge in [-0.05, 0) is 163 Å². The summed E-state index contributed by atoms with van der Waals surface area (Å²) in [5.41, 5.74) is 21.1. The highest BCUT2D eigenvalue weighted by atomic mass is 15.1. The smallest absolute Gasteiger partial charge is 0.0468 e. The van der Waals surface area contributed by atoms with E-state index in [1.54, 1.807) is 0 Å². The van der Waals surface area contributed by atoms with Gasteiger partial charge in [-0.25, -0.2) is 0 Å². The van der Waals surface area contributed by atoms with Crippen LogP contribution in [0.4, 0.5) is 28.4 Å². The minimum absolute atomic E-state index is 0.315. The van der Waals surface area contributed by atoms with Crippen molar-refractivity contribution in [3.05, 3.63) is 320 Å². The minimum atomic E-state index is 0.315. The average Bonchev–Trinajstić information content (AvgIpc) is 3.51. The van der Waals surface area contributed by atoms with Crippen molar-refractivity contribution in [1.29, 1.82) is 0 Å². The molecule has 12 aromatic carbocycles. The van der Waals surface area contributed by atoms with Gasteiger partial charge >= 0.3 is 0 Å². The molecule has 0 bridgehead atoms. The van der Waals surface area contributed by atoms with Crippen LogP contribution in [0.15, 0.2) is 309 Å². The van der Waals surface area contributed by atoms with Crippen molar-refractivity contribution < 1.29 is 0 Å². The van der Waals surface area contributed by atoms with Crippen LogP contribution in [-0.2, 0) is 0 Å². The Morgan fingerprint density at radius 1 is 0.299 bits per heavy atom. The number of nitrogens with zero attached hydrogens (tertiary/aromatic N) is 2. The Morgan fingerprint density at radius 2 is 0.636 bits per heavy atom. The van der Waals surface area contributed by atoms with Gasteiger partial charge in [-0.2, -0.15) is 0 Å². The monoisotopic (exact) mass is 984 g/mol. The third kappa shape index (κ3) is 9.43. The summed E-state index contributed by atoms with van der Waals surface area (Å²) >= 11 is 0. The highest BCUT2D eigenvalue weighted by molar-refractivity contribution is 6.22. The van der Waals surface area contributed by atoms with Crippen LogP contribution in [-0.4, -0.2) is 0 Å². The fourth-order valence-corrected chi connectivity index (χ4v) is 11.3. The molecule has 0 fully saturated rings. The number of hydrogen-bond donors (Lipinski definition) is 0. The van der Waals surface area contributed by atoms with E-state index in [2.05, 4.69) is 320 Å². The number of aryl methyl sites for hydroxylation is 1. The van der Waals surface area contributed by atoms with Gasteiger partial charge < -0.3 is 9.80 Å². The highest BCUT2D eigenvalue weighted by Gasteiger charge is 2.24. The molecule has 13 rings (SSSR count). The molecular weight excluding hydrogens is 929 g/mol. The van der Waals surface area contributed by atoms with Gasteiger partial charge in [-0.3, -0.25) is 0 Å². The number of benzene rings is 12. The molecule has 0 radical (unpaired) electrons. The minimum Gasteiger partial charge on any atom is -0.311 e. The number of fused-ring (bicyclic) bond motifs is 2. The van der Waals surface area contributed by atoms with E-state index in [0.717, 1.165) is 40.6 Å². The summed E-state index contributed by atoms with van der Waals surface area (Å²) < 4.78 is 0. The van der Waals surface area contributed by atoms with Crippen molar-refractivity contribution in [2.75, 3.05) is 9.80 Å². The Bertz CT molecular complexity index is 3970. The molecule has 0 aromatic heterocycles. The first kappa shape index (κ1) is 47.0. The molecule has 1 unspecified atom stereocenters. The molecule has 77 heavy (non-hydrogen) atoms. The van der Waals surface area contributed by atoms with Crippen molar-refractivity contribution in [2.24, 2.45) is 0 Å². The van der Waals surface area contributed by atoms with Gasteiger partial charge in [0.05, 0.1) is 0 Å². The van der Waals surface area contributed by atoms with E-state index >= 15 is 0 Å². The fraction of sp³-hybridized carbons (Fsp3) is 0.0400. The quantitative estimate of drug-likeness (QED) is 0.113. The molecule has 1 aliphatic carbocycles. The topological polar surface area (TPSA) is 6.48 Å². The molecule has 2 nitrogen and oxygen atoms in total. The molecule has 0 N–H and O–H groups in total. The van der Waals surface area contributed by atoms with Gasteiger partial charge in [0.25, 0.3) is 0 Å². The molecule has 0 aliphatic heterocycles. The molecule has 0 amide bonds. The van der Waals surface area contributed by atoms with E-state index < -0.39 is 0 Å². The maximum atomic E-state index is 2.45. The first-order chi connectivity index (χ1) is 38.1. The molecule has 2 heteroatoms. The summed E-state index contributed by atoms with van der Waals surface area (Å²) in [6.45, 7) is 2.17. The Hall–Kier alpha value is -9.76. The van der Waals surface area contributed by atoms with Gasteiger partial charge in [-0.15, -0.1) is 0 Å². The normalized spacial score (nSPS) is 13.1. The standard InChI is InChI=1S/C75H56N2/c1-53-27-29-63(30-28-53)75-71-50-48-68(76(64-39-31-58(32-40-64)54-17-7-2-8-18-54)65-41-33-59(34-42-65)55-19-9-3-10-20-55)51-72(71)74(62-25-15-6-16-26-62)70-49-47-69(52-73(70)75)77(66-43-35-60(36-44-66)56-21-11-4-12-22-56)67-45-37-61(38-46-67)57-23-13-5-14-24-57/h2-33,35-52,59H,34H2,1H3. The molecule has 0 saturated heterocycles. The Balaban J connectivity index is 1.02. The third-order valence-corrected chi connectivity index (χ3v) is 15.3. The number of rotatable bonds is 12. The van der Waals surface area contributed by atoms with Crippen molar-refractivity contribution in [2.45, 2.75) is 19.3 Å². The van der Waals surface area contributed by atoms with Crippen molar-refractivity contribution in [3.63, 3.8) is 0 Å². The molecular formula is C75H56N2. The van der Waals surface area contributed by atoms with Crippen LogP contribution in [0.3, 0.4) is 0 Å². The lowest BCUT2D eigenvalue weighted by Crippen LogP contribution is -2.17. The van der Waals surface area contributed by atoms with Crippen molar-refractivity contribution in [3.8, 4) is 55.6 Å². The van der Waals surface area contributed by atoms with Crippen LogP contribution in [0.1, 0.15) is 23.5 Å². The van der Waals surface area contributed by atoms with Crippen LogP contribution in [0.5, 0.6) is 0 Å². The van der Waals surface area contributed by atoms with E-state index in [4.69, 9.17) is 0 Å². The summed E-state index contributed by atoms with van der Waals surface area (Å²) in [7, 11) is 0. The average molecular weight is 985 g/mol. The second kappa shape index (κ2) is 20.9. The van der Waals surface area contributed by atoms with E-state index in [-0.39, 0.29) is 0 Å². The Labute approximate surface area is 452 Å². The lowest BCUT2D eigenvalue weighted by Gasteiger charge is -2.30. The van der Waals surface area contributed by atoms with E-state index in [9.17, 15) is 0 Å². The molecule has 1 aliphatic rings. The van der Waals surface area contributed by atoms with Crippen LogP contribution < -0.4 is 9.80 Å². The summed E-state index contributed by atoms with van der Waals surface area (Å²) in [6, 6.07) is 104. The maximum Gasteiger partial charge on any atom is 0.0468 e. The molecule has 0 saturated carbocycles. The van der Waals surface area contributed by atoms with Crippen molar-refractivity contribution >= 4 is 50.0 Å². The highest BCUT2D eigenvalue weighted by Crippen LogP contribution is 2.49. The van der Waals surface area contributed by atoms with Gasteiger partial charge in [0.1, 0.15) is 0 Å². The van der Waals surface area contributed by atoms with Gasteiger partial charge in [-0.1, -0.05) is 242 Å². The zero-order valence-corrected chi connectivity index (χ0v) is 43.0. The van der Waals surface area contributed by atoms with Gasteiger partial charge in [0.15, 0.2) is 0 Å². The zero-order chi connectivity index (χ0) is 51.5. The number of hydrogen-bond acceptors (Lipinski definition) is 2. The molecule has 366 valence electrons. The second-order valence-electron chi connectivity index (χ2n) is 20.1. The summed E-state index contributed by atoms with van der Waals surface area (Å²) in [5, 5.41) is 4.78. The second-order valence-corrected chi connectivity index (χ2v) is 20.1. The summed E-state index contributed by atoms with van der Waals surface area (Å²) in [5.74, 6) is 0.315. The van der Waals surface area contributed by atoms with Crippen LogP contribution in [0.25, 0.3) is 77.2 Å². The Morgan fingerprint density at radius 3 is 1.05 bits per heavy atom. The predicted octanol–water partition coefficient (Wildman–Crippen LogP) is 20.9. The summed E-state index contributed by atoms with van der Waals surface area (Å²) in [4.78, 5) is 4.86. The lowest BCUT2D eigenvalue weighted by molar-refractivity contribution is 0.840. The van der Waals surface area contributed by atoms with Crippen LogP contribution in [0, 0.1) is 6.92 Å². The molecule has 0 spiro atoms. The van der Waals surface area contributed by atoms with E-state index in [0.29, 0.717) is 5.92 Å². The van der Waals surface area contributed by atoms with Gasteiger partial charge in [0.2, 0.25) is 0 Å². The third-order valence-electron chi connectivity index (χ3n) is 15.3. The number of allylic oxidation sites excluding steroid dienone is 3. The molecule has 12 aromatic rings.